The lowest BCUT2D eigenvalue weighted by Gasteiger charge is -2.02. The molecule has 1 saturated heterocycles. The highest BCUT2D eigenvalue weighted by molar-refractivity contribution is 5.72. The Balaban J connectivity index is 1.98. The van der Waals surface area contributed by atoms with Crippen molar-refractivity contribution in [2.45, 2.75) is 18.5 Å². The number of nitrogens with one attached hydrogen (secondary N) is 1. The van der Waals surface area contributed by atoms with E-state index in [1.54, 1.807) is 0 Å². The van der Waals surface area contributed by atoms with Crippen molar-refractivity contribution in [3.05, 3.63) is 30.2 Å². The van der Waals surface area contributed by atoms with Crippen LogP contribution in [0.4, 0.5) is 0 Å². The smallest absolute Gasteiger partial charge is 0.212 e. The van der Waals surface area contributed by atoms with E-state index in [2.05, 4.69) is 10.3 Å². The highest BCUT2D eigenvalue weighted by atomic mass is 16.3. The summed E-state index contributed by atoms with van der Waals surface area (Å²) in [6.45, 7) is 0.837. The Kier molecular flexibility index (Phi) is 1.97. The first-order valence-electron chi connectivity index (χ1n) is 5.17. The Labute approximate surface area is 87.5 Å². The second kappa shape index (κ2) is 3.32. The van der Waals surface area contributed by atoms with Crippen LogP contribution in [0.25, 0.3) is 11.1 Å². The van der Waals surface area contributed by atoms with Crippen LogP contribution in [0, 0.1) is 0 Å². The first-order chi connectivity index (χ1) is 7.33. The summed E-state index contributed by atoms with van der Waals surface area (Å²) in [4.78, 5) is 4.44. The van der Waals surface area contributed by atoms with E-state index in [1.165, 1.54) is 0 Å². The fourth-order valence-electron chi connectivity index (χ4n) is 1.99. The topological polar surface area (TPSA) is 64.1 Å². The van der Waals surface area contributed by atoms with Gasteiger partial charge in [-0.3, -0.25) is 0 Å². The Bertz CT molecular complexity index is 446. The first-order valence-corrected chi connectivity index (χ1v) is 5.17. The van der Waals surface area contributed by atoms with Gasteiger partial charge in [0.05, 0.1) is 6.04 Å². The maximum Gasteiger partial charge on any atom is 0.212 e. The summed E-state index contributed by atoms with van der Waals surface area (Å²) in [5.41, 5.74) is 7.58. The number of aromatic nitrogens is 1. The lowest BCUT2D eigenvalue weighted by molar-refractivity contribution is 0.449. The largest absolute Gasteiger partial charge is 0.439 e. The second-order valence-corrected chi connectivity index (χ2v) is 3.98. The summed E-state index contributed by atoms with van der Waals surface area (Å²) in [7, 11) is 0. The van der Waals surface area contributed by atoms with Gasteiger partial charge < -0.3 is 15.5 Å². The summed E-state index contributed by atoms with van der Waals surface area (Å²) in [5.74, 6) is 0.754. The minimum absolute atomic E-state index is 0.174. The maximum absolute atomic E-state index is 5.82. The standard InChI is InChI=1S/C11H13N3O/c12-7-5-9(13-6-7)11-14-8-3-1-2-4-10(8)15-11/h1-4,7,9,13H,5-6,12H2/t7-,9-/m0/s1. The number of para-hydroxylation sites is 2. The molecule has 4 heteroatoms. The predicted octanol–water partition coefficient (Wildman–Crippen LogP) is 1.19. The van der Waals surface area contributed by atoms with Crippen LogP contribution in [0.3, 0.4) is 0 Å². The minimum Gasteiger partial charge on any atom is -0.439 e. The van der Waals surface area contributed by atoms with Crippen LogP contribution in [0.5, 0.6) is 0 Å². The molecule has 3 N–H and O–H groups in total. The molecule has 0 unspecified atom stereocenters. The predicted molar refractivity (Wildman–Crippen MR) is 57.3 cm³/mol. The van der Waals surface area contributed by atoms with Crippen LogP contribution in [0.1, 0.15) is 18.4 Å². The molecular formula is C11H13N3O. The average molecular weight is 203 g/mol. The summed E-state index contributed by atoms with van der Waals surface area (Å²) in [5, 5.41) is 3.30. The van der Waals surface area contributed by atoms with E-state index < -0.39 is 0 Å². The molecule has 0 saturated carbocycles. The van der Waals surface area contributed by atoms with Crippen molar-refractivity contribution in [3.63, 3.8) is 0 Å². The van der Waals surface area contributed by atoms with Crippen LogP contribution in [-0.2, 0) is 0 Å². The normalized spacial score (nSPS) is 26.2. The zero-order chi connectivity index (χ0) is 10.3. The molecule has 1 fully saturated rings. The molecule has 15 heavy (non-hydrogen) atoms. The molecule has 2 aromatic rings. The number of rotatable bonds is 1. The highest BCUT2D eigenvalue weighted by Crippen LogP contribution is 2.25. The fourth-order valence-corrected chi connectivity index (χ4v) is 1.99. The molecule has 0 bridgehead atoms. The van der Waals surface area contributed by atoms with Crippen LogP contribution < -0.4 is 11.1 Å². The van der Waals surface area contributed by atoms with Gasteiger partial charge in [-0.25, -0.2) is 4.98 Å². The number of hydrogen-bond acceptors (Lipinski definition) is 4. The van der Waals surface area contributed by atoms with E-state index in [0.29, 0.717) is 0 Å². The molecule has 3 rings (SSSR count). The van der Waals surface area contributed by atoms with Crippen molar-refractivity contribution in [1.29, 1.82) is 0 Å². The Hall–Kier alpha value is -1.39. The van der Waals surface area contributed by atoms with Gasteiger partial charge in [0, 0.05) is 12.6 Å². The van der Waals surface area contributed by atoms with Gasteiger partial charge >= 0.3 is 0 Å². The molecule has 1 aliphatic heterocycles. The van der Waals surface area contributed by atoms with Crippen molar-refractivity contribution in [3.8, 4) is 0 Å². The summed E-state index contributed by atoms with van der Waals surface area (Å²) in [6.07, 6.45) is 0.896. The van der Waals surface area contributed by atoms with Gasteiger partial charge in [-0.15, -0.1) is 0 Å². The quantitative estimate of drug-likeness (QED) is 0.730. The number of nitrogens with two attached hydrogens (primary N) is 1. The minimum atomic E-state index is 0.174. The molecule has 2 atom stereocenters. The van der Waals surface area contributed by atoms with E-state index in [1.807, 2.05) is 24.3 Å². The monoisotopic (exact) mass is 203 g/mol. The highest BCUT2D eigenvalue weighted by Gasteiger charge is 2.26. The lowest BCUT2D eigenvalue weighted by Crippen LogP contribution is -2.22. The summed E-state index contributed by atoms with van der Waals surface area (Å²) in [6, 6.07) is 8.18. The molecule has 1 aromatic heterocycles. The zero-order valence-electron chi connectivity index (χ0n) is 8.31. The van der Waals surface area contributed by atoms with Crippen molar-refractivity contribution in [2.75, 3.05) is 6.54 Å². The van der Waals surface area contributed by atoms with Crippen molar-refractivity contribution in [2.24, 2.45) is 5.73 Å². The lowest BCUT2D eigenvalue weighted by atomic mass is 10.2. The van der Waals surface area contributed by atoms with E-state index >= 15 is 0 Å². The molecule has 0 amide bonds. The molecule has 4 nitrogen and oxygen atoms in total. The third-order valence-corrected chi connectivity index (χ3v) is 2.77. The van der Waals surface area contributed by atoms with Gasteiger partial charge in [0.2, 0.25) is 5.89 Å². The molecule has 1 aromatic carbocycles. The van der Waals surface area contributed by atoms with Crippen LogP contribution >= 0.6 is 0 Å². The molecular weight excluding hydrogens is 190 g/mol. The summed E-state index contributed by atoms with van der Waals surface area (Å²) >= 11 is 0. The average Bonchev–Trinajstić information content (AvgIpc) is 2.82. The number of fused-ring (bicyclic) bond motifs is 1. The first kappa shape index (κ1) is 8.88. The Morgan fingerprint density at radius 2 is 2.27 bits per heavy atom. The number of hydrogen-bond donors (Lipinski definition) is 2. The van der Waals surface area contributed by atoms with Crippen LogP contribution in [-0.4, -0.2) is 17.6 Å². The van der Waals surface area contributed by atoms with Gasteiger partial charge in [-0.1, -0.05) is 12.1 Å². The van der Waals surface area contributed by atoms with Gasteiger partial charge in [-0.2, -0.15) is 0 Å². The molecule has 0 spiro atoms. The molecule has 2 heterocycles. The molecule has 1 aliphatic rings. The maximum atomic E-state index is 5.82. The molecule has 0 radical (unpaired) electrons. The summed E-state index contributed by atoms with van der Waals surface area (Å²) < 4.78 is 5.67. The second-order valence-electron chi connectivity index (χ2n) is 3.98. The van der Waals surface area contributed by atoms with Crippen LogP contribution in [0.2, 0.25) is 0 Å². The van der Waals surface area contributed by atoms with Crippen molar-refractivity contribution in [1.82, 2.24) is 10.3 Å². The van der Waals surface area contributed by atoms with Crippen molar-refractivity contribution < 1.29 is 4.42 Å². The third kappa shape index (κ3) is 1.52. The van der Waals surface area contributed by atoms with Gasteiger partial charge in [-0.05, 0) is 18.6 Å². The fraction of sp³-hybridized carbons (Fsp3) is 0.364. The van der Waals surface area contributed by atoms with Crippen LogP contribution in [0.15, 0.2) is 28.7 Å². The molecule has 0 aliphatic carbocycles. The number of nitrogens with zero attached hydrogens (tertiary/aromatic N) is 1. The SMILES string of the molecule is N[C@@H]1CN[C@H](c2nc3ccccc3o2)C1. The van der Waals surface area contributed by atoms with Gasteiger partial charge in [0.25, 0.3) is 0 Å². The number of oxazole rings is 1. The third-order valence-electron chi connectivity index (χ3n) is 2.77. The molecule has 78 valence electrons. The van der Waals surface area contributed by atoms with E-state index in [0.717, 1.165) is 30.0 Å². The number of benzene rings is 1. The zero-order valence-corrected chi connectivity index (χ0v) is 8.31. The Morgan fingerprint density at radius 3 is 3.00 bits per heavy atom. The van der Waals surface area contributed by atoms with Gasteiger partial charge in [0.1, 0.15) is 5.52 Å². The van der Waals surface area contributed by atoms with Gasteiger partial charge in [0.15, 0.2) is 5.58 Å². The van der Waals surface area contributed by atoms with E-state index in [4.69, 9.17) is 10.2 Å². The van der Waals surface area contributed by atoms with E-state index in [9.17, 15) is 0 Å². The Morgan fingerprint density at radius 1 is 1.40 bits per heavy atom. The van der Waals surface area contributed by atoms with Crippen molar-refractivity contribution >= 4 is 11.1 Å². The van der Waals surface area contributed by atoms with E-state index in [-0.39, 0.29) is 12.1 Å².